The van der Waals surface area contributed by atoms with Crippen molar-refractivity contribution in [3.8, 4) is 23.7 Å². The van der Waals surface area contributed by atoms with Gasteiger partial charge in [-0.1, -0.05) is 83.9 Å². The van der Waals surface area contributed by atoms with Crippen LogP contribution in [-0.4, -0.2) is 52.6 Å². The van der Waals surface area contributed by atoms with Crippen LogP contribution < -0.4 is 11.5 Å². The lowest BCUT2D eigenvalue weighted by Gasteiger charge is -2.57. The fraction of sp³-hybridized carbons (Fsp3) is 0.523. The molecule has 1 aromatic carbocycles. The number of hydrogen-bond acceptors (Lipinski definition) is 7. The predicted octanol–water partition coefficient (Wildman–Crippen LogP) is 5.70. The van der Waals surface area contributed by atoms with E-state index in [9.17, 15) is 20.1 Å². The van der Waals surface area contributed by atoms with E-state index in [1.807, 2.05) is 50.3 Å². The van der Waals surface area contributed by atoms with Gasteiger partial charge in [-0.05, 0) is 105 Å². The van der Waals surface area contributed by atoms with Crippen molar-refractivity contribution in [2.45, 2.75) is 103 Å². The van der Waals surface area contributed by atoms with Gasteiger partial charge in [-0.15, -0.1) is 0 Å². The number of benzene rings is 1. The molecular formula is C44H56N2O5. The lowest BCUT2D eigenvalue weighted by molar-refractivity contribution is -0.173. The van der Waals surface area contributed by atoms with Crippen LogP contribution in [0.2, 0.25) is 0 Å². The largest absolute Gasteiger partial charge is 0.396 e. The zero-order chi connectivity index (χ0) is 36.8. The van der Waals surface area contributed by atoms with Gasteiger partial charge in [-0.3, -0.25) is 4.79 Å². The number of hydrogen-bond donors (Lipinski definition) is 5. The Balaban J connectivity index is 1.55. The van der Waals surface area contributed by atoms with Crippen LogP contribution in [-0.2, 0) is 22.4 Å². The number of ketones is 1. The molecule has 0 aromatic heterocycles. The average Bonchev–Trinajstić information content (AvgIpc) is 3.43. The average molecular weight is 693 g/mol. The molecular weight excluding hydrogens is 636 g/mol. The molecule has 272 valence electrons. The summed E-state index contributed by atoms with van der Waals surface area (Å²) in [6, 6.07) is 5.71. The third-order valence-corrected chi connectivity index (χ3v) is 11.8. The normalized spacial score (nSPS) is 30.6. The van der Waals surface area contributed by atoms with Crippen molar-refractivity contribution < 1.29 is 24.9 Å². The van der Waals surface area contributed by atoms with Gasteiger partial charge in [0.1, 0.15) is 6.61 Å². The number of carbonyl (C=O) groups is 1. The molecule has 6 atom stereocenters. The maximum Gasteiger partial charge on any atom is 0.162 e. The summed E-state index contributed by atoms with van der Waals surface area (Å²) >= 11 is 0. The van der Waals surface area contributed by atoms with Crippen molar-refractivity contribution in [1.29, 1.82) is 0 Å². The zero-order valence-corrected chi connectivity index (χ0v) is 30.6. The highest BCUT2D eigenvalue weighted by atomic mass is 16.5. The van der Waals surface area contributed by atoms with Crippen LogP contribution in [0, 0.1) is 46.9 Å². The van der Waals surface area contributed by atoms with Gasteiger partial charge in [0, 0.05) is 43.1 Å². The van der Waals surface area contributed by atoms with E-state index in [0.29, 0.717) is 50.7 Å². The summed E-state index contributed by atoms with van der Waals surface area (Å²) in [5, 5.41) is 35.3. The van der Waals surface area contributed by atoms with Crippen LogP contribution >= 0.6 is 0 Å². The van der Waals surface area contributed by atoms with Crippen molar-refractivity contribution in [1.82, 2.24) is 0 Å². The number of Topliss-reactive ketones (excluding diaryl/α,β-unsaturated/α-hetero) is 1. The van der Waals surface area contributed by atoms with E-state index >= 15 is 0 Å². The molecule has 51 heavy (non-hydrogen) atoms. The molecule has 5 rings (SSSR count). The molecule has 0 bridgehead atoms. The molecule has 0 saturated heterocycles. The number of allylic oxidation sites excluding steroid dienone is 8. The fourth-order valence-corrected chi connectivity index (χ4v) is 9.16. The summed E-state index contributed by atoms with van der Waals surface area (Å²) in [6.45, 7) is 10.6. The third kappa shape index (κ3) is 8.26. The van der Waals surface area contributed by atoms with Gasteiger partial charge in [0.15, 0.2) is 5.78 Å². The summed E-state index contributed by atoms with van der Waals surface area (Å²) < 4.78 is 6.08. The molecule has 0 amide bonds. The van der Waals surface area contributed by atoms with Crippen LogP contribution in [0.4, 0.5) is 0 Å². The molecule has 1 spiro atoms. The third-order valence-electron chi connectivity index (χ3n) is 11.8. The van der Waals surface area contributed by atoms with E-state index in [1.165, 1.54) is 5.57 Å². The van der Waals surface area contributed by atoms with Crippen LogP contribution in [0.5, 0.6) is 0 Å². The lowest BCUT2D eigenvalue weighted by atomic mass is 9.50. The highest BCUT2D eigenvalue weighted by Gasteiger charge is 2.65. The zero-order valence-electron chi connectivity index (χ0n) is 30.6. The van der Waals surface area contributed by atoms with Crippen molar-refractivity contribution in [3.63, 3.8) is 0 Å². The second kappa shape index (κ2) is 16.9. The van der Waals surface area contributed by atoms with E-state index in [1.54, 1.807) is 0 Å². The Hall–Kier alpha value is -3.53. The maximum atomic E-state index is 14.2. The summed E-state index contributed by atoms with van der Waals surface area (Å²) in [4.78, 5) is 14.2. The molecule has 1 heterocycles. The minimum Gasteiger partial charge on any atom is -0.396 e. The van der Waals surface area contributed by atoms with E-state index in [0.717, 1.165) is 46.3 Å². The predicted molar refractivity (Wildman–Crippen MR) is 203 cm³/mol. The Morgan fingerprint density at radius 3 is 2.73 bits per heavy atom. The number of aliphatic hydroxyl groups is 3. The smallest absolute Gasteiger partial charge is 0.162 e. The summed E-state index contributed by atoms with van der Waals surface area (Å²) in [6.07, 6.45) is 12.1. The van der Waals surface area contributed by atoms with Crippen molar-refractivity contribution >= 4 is 5.78 Å². The minimum absolute atomic E-state index is 0.0211. The first-order valence-corrected chi connectivity index (χ1v) is 18.5. The monoisotopic (exact) mass is 692 g/mol. The van der Waals surface area contributed by atoms with Gasteiger partial charge in [-0.25, -0.2) is 0 Å². The Morgan fingerprint density at radius 2 is 1.96 bits per heavy atom. The number of ether oxygens (including phenoxy) is 1. The molecule has 4 aliphatic rings. The topological polar surface area (TPSA) is 139 Å². The summed E-state index contributed by atoms with van der Waals surface area (Å²) in [7, 11) is 0. The summed E-state index contributed by atoms with van der Waals surface area (Å²) in [5.41, 5.74) is 17.2. The molecule has 1 aromatic rings. The van der Waals surface area contributed by atoms with Crippen molar-refractivity contribution in [2.24, 2.45) is 34.6 Å². The quantitative estimate of drug-likeness (QED) is 0.152. The van der Waals surface area contributed by atoms with Gasteiger partial charge in [-0.2, -0.15) is 0 Å². The first-order valence-electron chi connectivity index (χ1n) is 18.5. The van der Waals surface area contributed by atoms with Crippen LogP contribution in [0.1, 0.15) is 95.0 Å². The first kappa shape index (κ1) is 38.7. The van der Waals surface area contributed by atoms with Gasteiger partial charge >= 0.3 is 0 Å². The lowest BCUT2D eigenvalue weighted by Crippen LogP contribution is -2.61. The minimum atomic E-state index is -1.32. The summed E-state index contributed by atoms with van der Waals surface area (Å²) in [5.74, 6) is 12.1. The molecule has 2 fully saturated rings. The Labute approximate surface area is 304 Å². The Kier molecular flexibility index (Phi) is 12.8. The highest BCUT2D eigenvalue weighted by Crippen LogP contribution is 2.64. The van der Waals surface area contributed by atoms with Gasteiger partial charge in [0.2, 0.25) is 0 Å². The molecule has 7 nitrogen and oxygen atoms in total. The second-order valence-electron chi connectivity index (χ2n) is 15.1. The van der Waals surface area contributed by atoms with Gasteiger partial charge in [0.05, 0.1) is 24.5 Å². The van der Waals surface area contributed by atoms with Crippen molar-refractivity contribution in [2.75, 3.05) is 19.8 Å². The highest BCUT2D eigenvalue weighted by molar-refractivity contribution is 5.97. The van der Waals surface area contributed by atoms with Crippen molar-refractivity contribution in [3.05, 3.63) is 93.6 Å². The maximum absolute atomic E-state index is 14.2. The molecule has 2 saturated carbocycles. The van der Waals surface area contributed by atoms with Gasteiger partial charge < -0.3 is 31.5 Å². The Bertz CT molecular complexity index is 1740. The second-order valence-corrected chi connectivity index (χ2v) is 15.1. The van der Waals surface area contributed by atoms with E-state index in [2.05, 4.69) is 43.3 Å². The molecule has 7 N–H and O–H groups in total. The van der Waals surface area contributed by atoms with E-state index in [-0.39, 0.29) is 43.7 Å². The van der Waals surface area contributed by atoms with Crippen LogP contribution in [0.25, 0.3) is 0 Å². The molecule has 6 unspecified atom stereocenters. The number of rotatable bonds is 5. The number of nitrogens with two attached hydrogens (primary N) is 2. The first-order chi connectivity index (χ1) is 24.4. The number of aliphatic hydroxyl groups excluding tert-OH is 2. The molecule has 1 aliphatic heterocycles. The molecule has 7 heteroatoms. The molecule has 3 aliphatic carbocycles. The van der Waals surface area contributed by atoms with Crippen LogP contribution in [0.15, 0.2) is 76.9 Å². The van der Waals surface area contributed by atoms with Gasteiger partial charge in [0.25, 0.3) is 0 Å². The standard InChI is InChI=1S/C44H56N2O5/c1-29-12-5-6-25-51-28-34(18-8-15-30(2)14-7-13-29)36-22-23-44(41(36)49)38(21-11-24-47)40-31(3)39(48)26-32-16-9-20-37(42(45)46)35(32)19-10-17-33(40)27-43(44,4)50/h8-9,13,15-16,18,20,33,36,38,41-42,47,49-50H,2,7,11-12,14,19,21-28,45-46H2,1,3-4H3. The van der Waals surface area contributed by atoms with E-state index < -0.39 is 29.2 Å². The number of carbonyl (C=O) groups excluding carboxylic acids is 1. The SMILES string of the molecule is C=C1C=CC=C(C2CCC3(C(CCCO)C4=C(C)C(=O)Cc5cccc(C(N)N)c5CC#CC4CC3(C)O)C2O)COCC#CCC(C)=CCC1. The molecule has 0 radical (unpaired) electrons. The Morgan fingerprint density at radius 1 is 1.16 bits per heavy atom. The van der Waals surface area contributed by atoms with E-state index in [4.69, 9.17) is 16.2 Å². The van der Waals surface area contributed by atoms with Crippen LogP contribution in [0.3, 0.4) is 0 Å². The fourth-order valence-electron chi connectivity index (χ4n) is 9.16. The number of fused-ring (bicyclic) bond motifs is 2.